The lowest BCUT2D eigenvalue weighted by atomic mass is 10.2. The predicted molar refractivity (Wildman–Crippen MR) is 84.6 cm³/mol. The van der Waals surface area contributed by atoms with Crippen LogP contribution in [0.2, 0.25) is 5.02 Å². The van der Waals surface area contributed by atoms with Crippen molar-refractivity contribution in [1.29, 1.82) is 0 Å². The van der Waals surface area contributed by atoms with E-state index in [2.05, 4.69) is 0 Å². The van der Waals surface area contributed by atoms with Gasteiger partial charge in [-0.15, -0.1) is 0 Å². The molecule has 0 saturated carbocycles. The smallest absolute Gasteiger partial charge is 0.253 e. The number of rotatable bonds is 3. The van der Waals surface area contributed by atoms with Crippen molar-refractivity contribution in [3.63, 3.8) is 0 Å². The van der Waals surface area contributed by atoms with E-state index in [4.69, 9.17) is 11.6 Å². The van der Waals surface area contributed by atoms with Crippen LogP contribution >= 0.6 is 11.6 Å². The summed E-state index contributed by atoms with van der Waals surface area (Å²) in [6.45, 7) is 2.50. The molecule has 0 unspecified atom stereocenters. The molecule has 2 aliphatic rings. The maximum Gasteiger partial charge on any atom is 0.253 e. The number of benzene rings is 1. The lowest BCUT2D eigenvalue weighted by Crippen LogP contribution is -2.30. The quantitative estimate of drug-likeness (QED) is 0.847. The maximum atomic E-state index is 12.7. The van der Waals surface area contributed by atoms with Gasteiger partial charge in [-0.1, -0.05) is 11.6 Å². The summed E-state index contributed by atoms with van der Waals surface area (Å²) in [4.78, 5) is 14.2. The van der Waals surface area contributed by atoms with Gasteiger partial charge in [-0.3, -0.25) is 4.79 Å². The summed E-state index contributed by atoms with van der Waals surface area (Å²) in [5.41, 5.74) is 0.393. The van der Waals surface area contributed by atoms with Gasteiger partial charge in [0.1, 0.15) is 4.90 Å². The predicted octanol–water partition coefficient (Wildman–Crippen LogP) is 2.36. The summed E-state index contributed by atoms with van der Waals surface area (Å²) in [5, 5.41) is 0.171. The highest BCUT2D eigenvalue weighted by Gasteiger charge is 2.30. The van der Waals surface area contributed by atoms with Gasteiger partial charge in [0.2, 0.25) is 10.0 Å². The zero-order chi connectivity index (χ0) is 15.7. The van der Waals surface area contributed by atoms with Crippen LogP contribution in [0.1, 0.15) is 36.0 Å². The largest absolute Gasteiger partial charge is 0.339 e. The molecule has 120 valence electrons. The molecular formula is C15H19ClN2O3S. The molecule has 2 aliphatic heterocycles. The van der Waals surface area contributed by atoms with Gasteiger partial charge in [-0.2, -0.15) is 4.31 Å². The van der Waals surface area contributed by atoms with Gasteiger partial charge in [-0.25, -0.2) is 8.42 Å². The second kappa shape index (κ2) is 6.18. The van der Waals surface area contributed by atoms with E-state index < -0.39 is 10.0 Å². The van der Waals surface area contributed by atoms with Crippen LogP contribution < -0.4 is 0 Å². The topological polar surface area (TPSA) is 57.7 Å². The first-order valence-electron chi connectivity index (χ1n) is 7.59. The molecule has 1 amide bonds. The van der Waals surface area contributed by atoms with Gasteiger partial charge in [0.15, 0.2) is 0 Å². The summed E-state index contributed by atoms with van der Waals surface area (Å²) in [6.07, 6.45) is 3.73. The molecular weight excluding hydrogens is 324 g/mol. The molecule has 7 heteroatoms. The van der Waals surface area contributed by atoms with Gasteiger partial charge in [-0.05, 0) is 43.9 Å². The number of amides is 1. The van der Waals surface area contributed by atoms with Crippen molar-refractivity contribution in [2.24, 2.45) is 0 Å². The Hall–Kier alpha value is -1.11. The number of sulfonamides is 1. The number of likely N-dealkylation sites (tertiary alicyclic amines) is 1. The number of carbonyl (C=O) groups excluding carboxylic acids is 1. The standard InChI is InChI=1S/C15H19ClN2O3S/c16-13-6-5-12(15(19)17-7-1-2-8-17)11-14(13)22(20,21)18-9-3-4-10-18/h5-6,11H,1-4,7-10H2. The second-order valence-electron chi connectivity index (χ2n) is 5.76. The molecule has 1 aromatic carbocycles. The second-order valence-corrected chi connectivity index (χ2v) is 8.07. The average molecular weight is 343 g/mol. The molecule has 2 heterocycles. The fourth-order valence-corrected chi connectivity index (χ4v) is 5.02. The van der Waals surface area contributed by atoms with Gasteiger partial charge in [0.25, 0.3) is 5.91 Å². The van der Waals surface area contributed by atoms with E-state index in [-0.39, 0.29) is 15.8 Å². The van der Waals surface area contributed by atoms with E-state index in [1.54, 1.807) is 11.0 Å². The number of nitrogens with zero attached hydrogens (tertiary/aromatic N) is 2. The van der Waals surface area contributed by atoms with Crippen LogP contribution in [0.5, 0.6) is 0 Å². The first-order valence-corrected chi connectivity index (χ1v) is 9.41. The zero-order valence-electron chi connectivity index (χ0n) is 12.3. The highest BCUT2D eigenvalue weighted by Crippen LogP contribution is 2.28. The van der Waals surface area contributed by atoms with Crippen molar-refractivity contribution in [2.45, 2.75) is 30.6 Å². The molecule has 0 spiro atoms. The number of halogens is 1. The molecule has 5 nitrogen and oxygen atoms in total. The molecule has 0 atom stereocenters. The van der Waals surface area contributed by atoms with Gasteiger partial charge < -0.3 is 4.90 Å². The fourth-order valence-electron chi connectivity index (χ4n) is 3.00. The minimum Gasteiger partial charge on any atom is -0.339 e. The maximum absolute atomic E-state index is 12.7. The molecule has 3 rings (SSSR count). The fraction of sp³-hybridized carbons (Fsp3) is 0.533. The molecule has 0 bridgehead atoms. The van der Waals surface area contributed by atoms with Crippen LogP contribution in [0.25, 0.3) is 0 Å². The van der Waals surface area contributed by atoms with E-state index in [1.807, 2.05) is 0 Å². The monoisotopic (exact) mass is 342 g/mol. The first-order chi connectivity index (χ1) is 10.5. The molecule has 0 aromatic heterocycles. The first kappa shape index (κ1) is 15.8. The molecule has 22 heavy (non-hydrogen) atoms. The van der Waals surface area contributed by atoms with Gasteiger partial charge in [0, 0.05) is 31.7 Å². The zero-order valence-corrected chi connectivity index (χ0v) is 13.9. The average Bonchev–Trinajstić information content (AvgIpc) is 3.20. The summed E-state index contributed by atoms with van der Waals surface area (Å²) in [5.74, 6) is -0.118. The molecule has 1 aromatic rings. The van der Waals surface area contributed by atoms with Gasteiger partial charge >= 0.3 is 0 Å². The highest BCUT2D eigenvalue weighted by molar-refractivity contribution is 7.89. The van der Waals surface area contributed by atoms with E-state index >= 15 is 0 Å². The van der Waals surface area contributed by atoms with E-state index in [1.165, 1.54) is 16.4 Å². The normalized spacial score (nSPS) is 19.8. The van der Waals surface area contributed by atoms with Crippen molar-refractivity contribution in [3.8, 4) is 0 Å². The van der Waals surface area contributed by atoms with Crippen molar-refractivity contribution in [1.82, 2.24) is 9.21 Å². The van der Waals surface area contributed by atoms with Crippen molar-refractivity contribution >= 4 is 27.5 Å². The molecule has 0 N–H and O–H groups in total. The van der Waals surface area contributed by atoms with E-state index in [0.29, 0.717) is 18.7 Å². The van der Waals surface area contributed by atoms with Crippen molar-refractivity contribution in [3.05, 3.63) is 28.8 Å². The van der Waals surface area contributed by atoms with Crippen LogP contribution in [0, 0.1) is 0 Å². The Kier molecular flexibility index (Phi) is 4.43. The third-order valence-electron chi connectivity index (χ3n) is 4.25. The summed E-state index contributed by atoms with van der Waals surface area (Å²) in [7, 11) is -3.62. The Labute approximate surface area is 135 Å². The number of hydrogen-bond acceptors (Lipinski definition) is 3. The van der Waals surface area contributed by atoms with Crippen LogP contribution in [-0.2, 0) is 10.0 Å². The van der Waals surface area contributed by atoms with Crippen LogP contribution in [-0.4, -0.2) is 49.7 Å². The Balaban J connectivity index is 1.94. The van der Waals surface area contributed by atoms with Gasteiger partial charge in [0.05, 0.1) is 5.02 Å². The van der Waals surface area contributed by atoms with Crippen LogP contribution in [0.3, 0.4) is 0 Å². The summed E-state index contributed by atoms with van der Waals surface area (Å²) >= 11 is 6.09. The van der Waals surface area contributed by atoms with Crippen LogP contribution in [0.4, 0.5) is 0 Å². The summed E-state index contributed by atoms with van der Waals surface area (Å²) < 4.78 is 26.8. The minimum atomic E-state index is -3.62. The Morgan fingerprint density at radius 1 is 1.00 bits per heavy atom. The molecule has 0 aliphatic carbocycles. The third-order valence-corrected chi connectivity index (χ3v) is 6.63. The van der Waals surface area contributed by atoms with E-state index in [0.717, 1.165) is 38.8 Å². The Morgan fingerprint density at radius 2 is 1.59 bits per heavy atom. The Morgan fingerprint density at radius 3 is 2.23 bits per heavy atom. The molecule has 2 fully saturated rings. The Bertz CT molecular complexity index is 678. The third kappa shape index (κ3) is 2.87. The number of carbonyl (C=O) groups is 1. The van der Waals surface area contributed by atoms with Crippen LogP contribution in [0.15, 0.2) is 23.1 Å². The lowest BCUT2D eigenvalue weighted by Gasteiger charge is -2.19. The molecule has 2 saturated heterocycles. The van der Waals surface area contributed by atoms with Crippen molar-refractivity contribution < 1.29 is 13.2 Å². The lowest BCUT2D eigenvalue weighted by molar-refractivity contribution is 0.0792. The van der Waals surface area contributed by atoms with E-state index in [9.17, 15) is 13.2 Å². The van der Waals surface area contributed by atoms with Crippen molar-refractivity contribution in [2.75, 3.05) is 26.2 Å². The minimum absolute atomic E-state index is 0.0427. The highest BCUT2D eigenvalue weighted by atomic mass is 35.5. The molecule has 0 radical (unpaired) electrons. The summed E-state index contributed by atoms with van der Waals surface area (Å²) in [6, 6.07) is 4.54. The SMILES string of the molecule is O=C(c1ccc(Cl)c(S(=O)(=O)N2CCCC2)c1)N1CCCC1. The number of hydrogen-bond donors (Lipinski definition) is 0.